The van der Waals surface area contributed by atoms with Gasteiger partial charge >= 0.3 is 0 Å². The van der Waals surface area contributed by atoms with E-state index in [4.69, 9.17) is 5.73 Å². The first kappa shape index (κ1) is 11.8. The summed E-state index contributed by atoms with van der Waals surface area (Å²) in [6.45, 7) is 4.45. The standard InChI is InChI=1S/C13H16FN3/c1-3-17-11(7-8-16-17)13(15)10-6-4-5-9(2)12(10)14/h4-8,13H,3,15H2,1-2H3. The highest BCUT2D eigenvalue weighted by Gasteiger charge is 2.17. The van der Waals surface area contributed by atoms with Crippen LogP contribution in [0.4, 0.5) is 4.39 Å². The zero-order valence-corrected chi connectivity index (χ0v) is 10.0. The van der Waals surface area contributed by atoms with Crippen molar-refractivity contribution in [1.82, 2.24) is 9.78 Å². The van der Waals surface area contributed by atoms with Crippen molar-refractivity contribution in [1.29, 1.82) is 0 Å². The van der Waals surface area contributed by atoms with Crippen molar-refractivity contribution in [2.45, 2.75) is 26.4 Å². The molecule has 0 fully saturated rings. The average Bonchev–Trinajstić information content (AvgIpc) is 2.80. The van der Waals surface area contributed by atoms with E-state index in [0.717, 1.165) is 12.2 Å². The summed E-state index contributed by atoms with van der Waals surface area (Å²) >= 11 is 0. The second-order valence-electron chi connectivity index (χ2n) is 4.03. The number of aromatic nitrogens is 2. The summed E-state index contributed by atoms with van der Waals surface area (Å²) in [5, 5.41) is 4.15. The lowest BCUT2D eigenvalue weighted by atomic mass is 10.0. The molecular weight excluding hydrogens is 217 g/mol. The van der Waals surface area contributed by atoms with Crippen molar-refractivity contribution in [3.63, 3.8) is 0 Å². The topological polar surface area (TPSA) is 43.8 Å². The molecule has 2 N–H and O–H groups in total. The lowest BCUT2D eigenvalue weighted by Gasteiger charge is -2.15. The van der Waals surface area contributed by atoms with Gasteiger partial charge < -0.3 is 5.73 Å². The van der Waals surface area contributed by atoms with Gasteiger partial charge in [0, 0.05) is 18.3 Å². The van der Waals surface area contributed by atoms with Gasteiger partial charge in [-0.2, -0.15) is 5.10 Å². The van der Waals surface area contributed by atoms with Crippen LogP contribution in [0.5, 0.6) is 0 Å². The van der Waals surface area contributed by atoms with Gasteiger partial charge in [-0.3, -0.25) is 4.68 Å². The molecule has 0 radical (unpaired) electrons. The summed E-state index contributed by atoms with van der Waals surface area (Å²) in [7, 11) is 0. The number of rotatable bonds is 3. The van der Waals surface area contributed by atoms with E-state index < -0.39 is 6.04 Å². The third-order valence-electron chi connectivity index (χ3n) is 2.92. The number of hydrogen-bond acceptors (Lipinski definition) is 2. The second kappa shape index (κ2) is 4.67. The van der Waals surface area contributed by atoms with E-state index in [2.05, 4.69) is 5.10 Å². The number of benzene rings is 1. The molecule has 0 amide bonds. The summed E-state index contributed by atoms with van der Waals surface area (Å²) in [5.74, 6) is -0.233. The lowest BCUT2D eigenvalue weighted by molar-refractivity contribution is 0.563. The Balaban J connectivity index is 2.44. The molecule has 17 heavy (non-hydrogen) atoms. The van der Waals surface area contributed by atoms with Gasteiger partial charge in [0.25, 0.3) is 0 Å². The molecule has 0 aliphatic heterocycles. The molecule has 1 atom stereocenters. The Morgan fingerprint density at radius 3 is 2.88 bits per heavy atom. The van der Waals surface area contributed by atoms with Gasteiger partial charge in [0.1, 0.15) is 5.82 Å². The second-order valence-corrected chi connectivity index (χ2v) is 4.03. The molecular formula is C13H16FN3. The summed E-state index contributed by atoms with van der Waals surface area (Å²) < 4.78 is 15.8. The van der Waals surface area contributed by atoms with E-state index in [1.54, 1.807) is 29.9 Å². The van der Waals surface area contributed by atoms with Crippen LogP contribution in [0.3, 0.4) is 0 Å². The van der Waals surface area contributed by atoms with Crippen LogP contribution in [0.1, 0.15) is 29.8 Å². The van der Waals surface area contributed by atoms with Crippen molar-refractivity contribution in [3.8, 4) is 0 Å². The number of nitrogens with zero attached hydrogens (tertiary/aromatic N) is 2. The van der Waals surface area contributed by atoms with Crippen LogP contribution in [0, 0.1) is 12.7 Å². The van der Waals surface area contributed by atoms with Crippen LogP contribution in [-0.2, 0) is 6.54 Å². The van der Waals surface area contributed by atoms with Crippen LogP contribution in [0.2, 0.25) is 0 Å². The SMILES string of the molecule is CCn1nccc1C(N)c1cccc(C)c1F. The van der Waals surface area contributed by atoms with Crippen LogP contribution in [0.25, 0.3) is 0 Å². The van der Waals surface area contributed by atoms with Crippen molar-refractivity contribution in [3.05, 3.63) is 53.1 Å². The van der Waals surface area contributed by atoms with Crippen molar-refractivity contribution in [2.75, 3.05) is 0 Å². The summed E-state index contributed by atoms with van der Waals surface area (Å²) in [6, 6.07) is 6.64. The van der Waals surface area contributed by atoms with E-state index in [0.29, 0.717) is 11.1 Å². The highest BCUT2D eigenvalue weighted by Crippen LogP contribution is 2.23. The maximum absolute atomic E-state index is 14.0. The number of aryl methyl sites for hydroxylation is 2. The summed E-state index contributed by atoms with van der Waals surface area (Å²) in [5.41, 5.74) is 8.06. The fraction of sp³-hybridized carbons (Fsp3) is 0.308. The van der Waals surface area contributed by atoms with Gasteiger partial charge in [-0.1, -0.05) is 18.2 Å². The number of halogens is 1. The molecule has 0 aliphatic carbocycles. The minimum absolute atomic E-state index is 0.233. The Bertz CT molecular complexity index is 519. The third kappa shape index (κ3) is 2.08. The largest absolute Gasteiger partial charge is 0.319 e. The minimum Gasteiger partial charge on any atom is -0.319 e. The van der Waals surface area contributed by atoms with Gasteiger partial charge in [0.05, 0.1) is 11.7 Å². The molecule has 3 nitrogen and oxygen atoms in total. The monoisotopic (exact) mass is 233 g/mol. The highest BCUT2D eigenvalue weighted by molar-refractivity contribution is 5.32. The molecule has 1 aromatic heterocycles. The van der Waals surface area contributed by atoms with Gasteiger partial charge in [0.15, 0.2) is 0 Å². The zero-order chi connectivity index (χ0) is 12.4. The molecule has 0 saturated carbocycles. The fourth-order valence-corrected chi connectivity index (χ4v) is 1.94. The fourth-order valence-electron chi connectivity index (χ4n) is 1.94. The Kier molecular flexibility index (Phi) is 3.24. The maximum atomic E-state index is 14.0. The van der Waals surface area contributed by atoms with Crippen LogP contribution in [0.15, 0.2) is 30.5 Å². The molecule has 0 aliphatic rings. The summed E-state index contributed by atoms with van der Waals surface area (Å²) in [4.78, 5) is 0. The molecule has 0 spiro atoms. The van der Waals surface area contributed by atoms with Gasteiger partial charge in [-0.15, -0.1) is 0 Å². The van der Waals surface area contributed by atoms with E-state index in [1.165, 1.54) is 0 Å². The molecule has 4 heteroatoms. The van der Waals surface area contributed by atoms with Crippen LogP contribution < -0.4 is 5.73 Å². The van der Waals surface area contributed by atoms with E-state index in [-0.39, 0.29) is 5.82 Å². The Morgan fingerprint density at radius 2 is 2.18 bits per heavy atom. The quantitative estimate of drug-likeness (QED) is 0.884. The number of nitrogens with two attached hydrogens (primary N) is 1. The van der Waals surface area contributed by atoms with E-state index in [1.807, 2.05) is 19.1 Å². The van der Waals surface area contributed by atoms with E-state index >= 15 is 0 Å². The normalized spacial score (nSPS) is 12.7. The lowest BCUT2D eigenvalue weighted by Crippen LogP contribution is -2.18. The highest BCUT2D eigenvalue weighted by atomic mass is 19.1. The Morgan fingerprint density at radius 1 is 1.41 bits per heavy atom. The van der Waals surface area contributed by atoms with Crippen LogP contribution in [-0.4, -0.2) is 9.78 Å². The van der Waals surface area contributed by atoms with Gasteiger partial charge in [-0.05, 0) is 25.5 Å². The first-order valence-electron chi connectivity index (χ1n) is 5.67. The molecule has 2 aromatic rings. The van der Waals surface area contributed by atoms with Crippen molar-refractivity contribution >= 4 is 0 Å². The minimum atomic E-state index is -0.475. The molecule has 2 rings (SSSR count). The molecule has 1 heterocycles. The molecule has 0 saturated heterocycles. The first-order valence-corrected chi connectivity index (χ1v) is 5.67. The smallest absolute Gasteiger partial charge is 0.131 e. The van der Waals surface area contributed by atoms with Crippen molar-refractivity contribution < 1.29 is 4.39 Å². The molecule has 1 aromatic carbocycles. The predicted octanol–water partition coefficient (Wildman–Crippen LogP) is 2.40. The zero-order valence-electron chi connectivity index (χ0n) is 10.0. The predicted molar refractivity (Wildman–Crippen MR) is 65.1 cm³/mol. The average molecular weight is 233 g/mol. The molecule has 0 bridgehead atoms. The van der Waals surface area contributed by atoms with Crippen molar-refractivity contribution in [2.24, 2.45) is 5.73 Å². The van der Waals surface area contributed by atoms with E-state index in [9.17, 15) is 4.39 Å². The van der Waals surface area contributed by atoms with Crippen LogP contribution >= 0.6 is 0 Å². The maximum Gasteiger partial charge on any atom is 0.131 e. The Hall–Kier alpha value is -1.68. The third-order valence-corrected chi connectivity index (χ3v) is 2.92. The number of hydrogen-bond donors (Lipinski definition) is 1. The first-order chi connectivity index (χ1) is 8.15. The molecule has 90 valence electrons. The Labute approximate surface area is 100 Å². The van der Waals surface area contributed by atoms with Gasteiger partial charge in [-0.25, -0.2) is 4.39 Å². The summed E-state index contributed by atoms with van der Waals surface area (Å²) in [6.07, 6.45) is 1.69. The molecule has 1 unspecified atom stereocenters. The van der Waals surface area contributed by atoms with Gasteiger partial charge in [0.2, 0.25) is 0 Å².